The van der Waals surface area contributed by atoms with E-state index in [-0.39, 0.29) is 29.8 Å². The third kappa shape index (κ3) is 7.06. The predicted octanol–water partition coefficient (Wildman–Crippen LogP) is 3.38. The minimum Gasteiger partial charge on any atom is -0.404 e. The summed E-state index contributed by atoms with van der Waals surface area (Å²) in [5.74, 6) is -0.657. The van der Waals surface area contributed by atoms with E-state index in [0.717, 1.165) is 23.1 Å². The van der Waals surface area contributed by atoms with E-state index in [1.54, 1.807) is 18.3 Å². The topological polar surface area (TPSA) is 123 Å². The van der Waals surface area contributed by atoms with Crippen LogP contribution in [0.4, 0.5) is 5.69 Å². The van der Waals surface area contributed by atoms with Gasteiger partial charge in [0.1, 0.15) is 5.69 Å². The molecule has 170 valence electrons. The number of hydrogen-bond acceptors (Lipinski definition) is 6. The number of amides is 1. The molecule has 0 bridgehead atoms. The lowest BCUT2D eigenvalue weighted by molar-refractivity contribution is -0.115. The molecule has 0 radical (unpaired) electrons. The number of allylic oxidation sites excluding steroid dienone is 2. The van der Waals surface area contributed by atoms with E-state index < -0.39 is 0 Å². The number of hydrogen-bond donors (Lipinski definition) is 4. The minimum atomic E-state index is -0.289. The number of anilines is 1. The summed E-state index contributed by atoms with van der Waals surface area (Å²) in [6.07, 6.45) is 5.79. The highest BCUT2D eigenvalue weighted by Crippen LogP contribution is 2.26. The highest BCUT2D eigenvalue weighted by atomic mass is 16.2. The van der Waals surface area contributed by atoms with Crippen molar-refractivity contribution in [2.24, 2.45) is 17.4 Å². The number of nitrogens with zero attached hydrogens (tertiary/aromatic N) is 1. The quantitative estimate of drug-likeness (QED) is 0.335. The van der Waals surface area contributed by atoms with Crippen molar-refractivity contribution in [3.8, 4) is 11.1 Å². The number of carbonyl (C=O) groups is 2. The number of aryl methyl sites for hydroxylation is 1. The summed E-state index contributed by atoms with van der Waals surface area (Å²) >= 11 is 0. The first-order valence-corrected chi connectivity index (χ1v) is 10.7. The van der Waals surface area contributed by atoms with Crippen molar-refractivity contribution in [3.63, 3.8) is 0 Å². The highest BCUT2D eigenvalue weighted by molar-refractivity contribution is 6.05. The van der Waals surface area contributed by atoms with E-state index in [4.69, 9.17) is 11.5 Å². The van der Waals surface area contributed by atoms with Gasteiger partial charge in [-0.2, -0.15) is 0 Å². The molecule has 0 saturated carbocycles. The second-order valence-electron chi connectivity index (χ2n) is 7.97. The largest absolute Gasteiger partial charge is 0.404 e. The van der Waals surface area contributed by atoms with Crippen molar-refractivity contribution in [2.45, 2.75) is 34.1 Å². The zero-order valence-electron chi connectivity index (χ0n) is 19.2. The van der Waals surface area contributed by atoms with Gasteiger partial charge in [0, 0.05) is 29.9 Å². The van der Waals surface area contributed by atoms with E-state index >= 15 is 0 Å². The van der Waals surface area contributed by atoms with Crippen LogP contribution in [0.15, 0.2) is 60.1 Å². The van der Waals surface area contributed by atoms with Crippen LogP contribution in [0.3, 0.4) is 0 Å². The average Bonchev–Trinajstić information content (AvgIpc) is 2.78. The normalized spacial score (nSPS) is 12.2. The van der Waals surface area contributed by atoms with Gasteiger partial charge in [0.2, 0.25) is 5.91 Å². The lowest BCUT2D eigenvalue weighted by Crippen LogP contribution is -2.31. The van der Waals surface area contributed by atoms with E-state index in [1.807, 2.05) is 32.9 Å². The molecule has 0 fully saturated rings. The smallest absolute Gasteiger partial charge is 0.238 e. The fraction of sp³-hybridized carbons (Fsp3) is 0.320. The second-order valence-corrected chi connectivity index (χ2v) is 7.97. The number of Topliss-reactive ketones (excluding diaryl/α,β-unsaturated/α-hetero) is 1. The van der Waals surface area contributed by atoms with Gasteiger partial charge in [0.15, 0.2) is 5.78 Å². The Morgan fingerprint density at radius 2 is 1.91 bits per heavy atom. The van der Waals surface area contributed by atoms with Crippen LogP contribution < -0.4 is 22.1 Å². The number of nitrogens with one attached hydrogen (secondary N) is 2. The number of carbonyl (C=O) groups excluding carboxylic acids is 2. The minimum absolute atomic E-state index is 0.0325. The predicted molar refractivity (Wildman–Crippen MR) is 130 cm³/mol. The van der Waals surface area contributed by atoms with Crippen molar-refractivity contribution in [2.75, 3.05) is 18.4 Å². The van der Waals surface area contributed by atoms with E-state index in [0.29, 0.717) is 17.9 Å². The van der Waals surface area contributed by atoms with Gasteiger partial charge in [-0.25, -0.2) is 0 Å². The highest BCUT2D eigenvalue weighted by Gasteiger charge is 2.19. The van der Waals surface area contributed by atoms with Gasteiger partial charge >= 0.3 is 0 Å². The molecule has 6 N–H and O–H groups in total. The lowest BCUT2D eigenvalue weighted by atomic mass is 10.00. The number of nitrogens with two attached hydrogens (primary N) is 2. The molecule has 1 amide bonds. The van der Waals surface area contributed by atoms with Crippen LogP contribution >= 0.6 is 0 Å². The maximum atomic E-state index is 12.7. The maximum absolute atomic E-state index is 12.7. The summed E-state index contributed by atoms with van der Waals surface area (Å²) in [4.78, 5) is 29.6. The fourth-order valence-electron chi connectivity index (χ4n) is 3.06. The molecule has 0 spiro atoms. The molecular weight excluding hydrogens is 402 g/mol. The Hall–Kier alpha value is -3.45. The van der Waals surface area contributed by atoms with Crippen molar-refractivity contribution < 1.29 is 9.59 Å². The molecule has 32 heavy (non-hydrogen) atoms. The van der Waals surface area contributed by atoms with Crippen molar-refractivity contribution in [1.29, 1.82) is 0 Å². The summed E-state index contributed by atoms with van der Waals surface area (Å²) in [6.45, 7) is 7.91. The van der Waals surface area contributed by atoms with Gasteiger partial charge in [0.05, 0.1) is 12.2 Å². The van der Waals surface area contributed by atoms with Gasteiger partial charge < -0.3 is 22.1 Å². The van der Waals surface area contributed by atoms with Crippen molar-refractivity contribution >= 4 is 17.4 Å². The molecule has 0 unspecified atom stereocenters. The first-order valence-electron chi connectivity index (χ1n) is 10.7. The maximum Gasteiger partial charge on any atom is 0.238 e. The van der Waals surface area contributed by atoms with E-state index in [1.165, 1.54) is 11.8 Å². The Bertz CT molecular complexity index is 1020. The van der Waals surface area contributed by atoms with Gasteiger partial charge in [0.25, 0.3) is 0 Å². The monoisotopic (exact) mass is 435 g/mol. The first-order chi connectivity index (χ1) is 15.2. The second kappa shape index (κ2) is 11.8. The summed E-state index contributed by atoms with van der Waals surface area (Å²) in [5, 5.41) is 5.82. The van der Waals surface area contributed by atoms with Crippen LogP contribution in [-0.2, 0) is 11.2 Å². The van der Waals surface area contributed by atoms with Crippen LogP contribution in [0.5, 0.6) is 0 Å². The third-order valence-electron chi connectivity index (χ3n) is 4.88. The molecule has 1 aromatic carbocycles. The fourth-order valence-corrected chi connectivity index (χ4v) is 3.06. The zero-order valence-corrected chi connectivity index (χ0v) is 19.2. The standard InChI is InChI=1S/C25H33N5O2/c1-5-18-7-6-8-19(10-18)20-11-22(24(29-13-20)25(32)16(2)3)30-23(31)15-28-14-21(27)9-17(4)12-26/h6-13,16,28H,5,14-15,26-27H2,1-4H3,(H,30,31)/b17-12-,21-9-. The van der Waals surface area contributed by atoms with Crippen molar-refractivity contribution in [3.05, 3.63) is 71.3 Å². The molecule has 0 atom stereocenters. The first kappa shape index (κ1) is 24.8. The molecule has 7 nitrogen and oxygen atoms in total. The molecule has 1 heterocycles. The number of benzene rings is 1. The lowest BCUT2D eigenvalue weighted by Gasteiger charge is -2.14. The summed E-state index contributed by atoms with van der Waals surface area (Å²) in [7, 11) is 0. The number of rotatable bonds is 10. The molecule has 2 aromatic rings. The molecule has 7 heteroatoms. The number of ketones is 1. The Balaban J connectivity index is 2.22. The molecule has 2 rings (SSSR count). The number of aromatic nitrogens is 1. The van der Waals surface area contributed by atoms with Gasteiger partial charge in [-0.15, -0.1) is 0 Å². The van der Waals surface area contributed by atoms with Gasteiger partial charge in [-0.05, 0) is 48.4 Å². The zero-order chi connectivity index (χ0) is 23.7. The Labute approximate surface area is 190 Å². The van der Waals surface area contributed by atoms with Crippen LogP contribution in [0.2, 0.25) is 0 Å². The molecular formula is C25H33N5O2. The van der Waals surface area contributed by atoms with Crippen LogP contribution in [0, 0.1) is 5.92 Å². The van der Waals surface area contributed by atoms with E-state index in [2.05, 4.69) is 34.7 Å². The van der Waals surface area contributed by atoms with Crippen LogP contribution in [0.1, 0.15) is 43.7 Å². The molecule has 0 aliphatic carbocycles. The van der Waals surface area contributed by atoms with Crippen LogP contribution in [-0.4, -0.2) is 29.8 Å². The Kier molecular flexibility index (Phi) is 9.16. The SMILES string of the molecule is CCc1cccc(-c2cnc(C(=O)C(C)C)c(NC(=O)CNC/C(N)=C/C(C)=C\N)c2)c1. The van der Waals surface area contributed by atoms with E-state index in [9.17, 15) is 9.59 Å². The van der Waals surface area contributed by atoms with Gasteiger partial charge in [-0.1, -0.05) is 45.0 Å². The van der Waals surface area contributed by atoms with Crippen LogP contribution in [0.25, 0.3) is 11.1 Å². The molecule has 0 aliphatic rings. The molecule has 0 saturated heterocycles. The third-order valence-corrected chi connectivity index (χ3v) is 4.88. The summed E-state index contributed by atoms with van der Waals surface area (Å²) in [5.41, 5.74) is 16.4. The van der Waals surface area contributed by atoms with Crippen molar-refractivity contribution in [1.82, 2.24) is 10.3 Å². The summed E-state index contributed by atoms with van der Waals surface area (Å²) in [6, 6.07) is 9.93. The van der Waals surface area contributed by atoms with Gasteiger partial charge in [-0.3, -0.25) is 14.6 Å². The summed E-state index contributed by atoms with van der Waals surface area (Å²) < 4.78 is 0. The molecule has 0 aliphatic heterocycles. The average molecular weight is 436 g/mol. The Morgan fingerprint density at radius 1 is 1.16 bits per heavy atom. The Morgan fingerprint density at radius 3 is 2.56 bits per heavy atom. The number of pyridine rings is 1. The molecule has 1 aromatic heterocycles.